The molecule has 0 fully saturated rings. The quantitative estimate of drug-likeness (QED) is 0.533. The maximum Gasteiger partial charge on any atom is 0.326 e. The number of hydrogen-bond acceptors (Lipinski definition) is 6. The first-order valence-corrected chi connectivity index (χ1v) is 11.2. The van der Waals surface area contributed by atoms with Crippen molar-refractivity contribution >= 4 is 50.6 Å². The number of halogens is 1. The fourth-order valence-electron chi connectivity index (χ4n) is 3.63. The molecule has 3 aromatic rings. The summed E-state index contributed by atoms with van der Waals surface area (Å²) in [6.45, 7) is 5.33. The van der Waals surface area contributed by atoms with Gasteiger partial charge >= 0.3 is 5.97 Å². The van der Waals surface area contributed by atoms with Crippen LogP contribution in [-0.4, -0.2) is 47.8 Å². The number of nitrogens with zero attached hydrogens (tertiary/aromatic N) is 3. The molecule has 3 rings (SSSR count). The first-order valence-electron chi connectivity index (χ1n) is 9.43. The zero-order valence-corrected chi connectivity index (χ0v) is 19.0. The van der Waals surface area contributed by atoms with Crippen LogP contribution in [0.1, 0.15) is 29.8 Å². The van der Waals surface area contributed by atoms with Crippen molar-refractivity contribution in [2.75, 3.05) is 11.9 Å². The minimum atomic E-state index is -4.06. The van der Waals surface area contributed by atoms with Crippen LogP contribution in [0.3, 0.4) is 0 Å². The predicted octanol–water partition coefficient (Wildman–Crippen LogP) is 3.59. The second-order valence-electron chi connectivity index (χ2n) is 7.61. The zero-order chi connectivity index (χ0) is 23.1. The van der Waals surface area contributed by atoms with E-state index in [9.17, 15) is 23.1 Å². The van der Waals surface area contributed by atoms with Gasteiger partial charge < -0.3 is 10.0 Å². The molecule has 0 spiro atoms. The van der Waals surface area contributed by atoms with Gasteiger partial charge in [0.1, 0.15) is 6.04 Å². The minimum Gasteiger partial charge on any atom is -0.480 e. The van der Waals surface area contributed by atoms with Gasteiger partial charge in [0, 0.05) is 18.8 Å². The molecule has 0 amide bonds. The van der Waals surface area contributed by atoms with E-state index in [0.717, 1.165) is 9.54 Å². The van der Waals surface area contributed by atoms with Gasteiger partial charge in [-0.1, -0.05) is 43.1 Å². The van der Waals surface area contributed by atoms with E-state index in [1.165, 1.54) is 29.4 Å². The van der Waals surface area contributed by atoms with Crippen molar-refractivity contribution in [1.29, 1.82) is 0 Å². The SMILES string of the molecule is Cc1ccc(S(=O)(=O)n2cc(C=O)c3c(N(C)C(C(=O)O)C(C)C)c(Cl)cnc32)cc1. The van der Waals surface area contributed by atoms with Crippen molar-refractivity contribution in [2.24, 2.45) is 5.92 Å². The number of hydrogen-bond donors (Lipinski definition) is 1. The Labute approximate surface area is 185 Å². The molecule has 0 aliphatic rings. The van der Waals surface area contributed by atoms with Crippen LogP contribution in [0.5, 0.6) is 0 Å². The normalized spacial score (nSPS) is 12.8. The van der Waals surface area contributed by atoms with Gasteiger partial charge in [-0.3, -0.25) is 4.79 Å². The van der Waals surface area contributed by atoms with Crippen LogP contribution in [0.4, 0.5) is 5.69 Å². The van der Waals surface area contributed by atoms with E-state index in [2.05, 4.69) is 4.98 Å². The van der Waals surface area contributed by atoms with Gasteiger partial charge in [-0.2, -0.15) is 0 Å². The lowest BCUT2D eigenvalue weighted by atomic mass is 10.0. The van der Waals surface area contributed by atoms with Gasteiger partial charge in [0.2, 0.25) is 0 Å². The molecule has 1 aromatic carbocycles. The number of carbonyl (C=O) groups is 2. The summed E-state index contributed by atoms with van der Waals surface area (Å²) < 4.78 is 27.5. The van der Waals surface area contributed by atoms with Crippen molar-refractivity contribution in [3.05, 3.63) is 52.8 Å². The van der Waals surface area contributed by atoms with Crippen LogP contribution in [0.25, 0.3) is 11.0 Å². The number of carbonyl (C=O) groups excluding carboxylic acids is 1. The van der Waals surface area contributed by atoms with E-state index in [0.29, 0.717) is 6.29 Å². The summed E-state index contributed by atoms with van der Waals surface area (Å²) >= 11 is 6.37. The monoisotopic (exact) mass is 463 g/mol. The van der Waals surface area contributed by atoms with Crippen molar-refractivity contribution in [3.63, 3.8) is 0 Å². The van der Waals surface area contributed by atoms with Gasteiger partial charge in [0.15, 0.2) is 11.9 Å². The number of rotatable bonds is 7. The molecule has 10 heteroatoms. The Kier molecular flexibility index (Phi) is 6.11. The smallest absolute Gasteiger partial charge is 0.326 e. The number of aliphatic carboxylic acids is 1. The summed E-state index contributed by atoms with van der Waals surface area (Å²) in [5.41, 5.74) is 1.15. The number of likely N-dealkylation sites (N-methyl/N-ethyl adjacent to an activating group) is 1. The van der Waals surface area contributed by atoms with Crippen LogP contribution in [-0.2, 0) is 14.8 Å². The highest BCUT2D eigenvalue weighted by atomic mass is 35.5. The Morgan fingerprint density at radius 2 is 1.87 bits per heavy atom. The summed E-state index contributed by atoms with van der Waals surface area (Å²) in [7, 11) is -2.52. The van der Waals surface area contributed by atoms with E-state index in [-0.39, 0.29) is 38.1 Å². The molecular weight excluding hydrogens is 442 g/mol. The minimum absolute atomic E-state index is 0.0122. The van der Waals surface area contributed by atoms with Crippen molar-refractivity contribution in [2.45, 2.75) is 31.7 Å². The third-order valence-electron chi connectivity index (χ3n) is 5.10. The molecule has 0 aliphatic heterocycles. The predicted molar refractivity (Wildman–Crippen MR) is 119 cm³/mol. The molecule has 0 saturated heterocycles. The highest BCUT2D eigenvalue weighted by Crippen LogP contribution is 2.38. The number of aldehydes is 1. The second-order valence-corrected chi connectivity index (χ2v) is 9.83. The number of pyridine rings is 1. The Hall–Kier alpha value is -2.91. The van der Waals surface area contributed by atoms with Gasteiger partial charge in [-0.15, -0.1) is 0 Å². The lowest BCUT2D eigenvalue weighted by Gasteiger charge is -2.30. The fourth-order valence-corrected chi connectivity index (χ4v) is 5.23. The lowest BCUT2D eigenvalue weighted by molar-refractivity contribution is -0.139. The van der Waals surface area contributed by atoms with Gasteiger partial charge in [-0.25, -0.2) is 22.2 Å². The molecule has 31 heavy (non-hydrogen) atoms. The number of aryl methyl sites for hydroxylation is 1. The highest BCUT2D eigenvalue weighted by molar-refractivity contribution is 7.90. The molecule has 2 heterocycles. The molecule has 0 bridgehead atoms. The number of carboxylic acid groups (broad SMARTS) is 1. The number of fused-ring (bicyclic) bond motifs is 1. The standard InChI is InChI=1S/C21H22ClN3O5S/c1-12(2)18(21(27)28)24(4)19-16(22)9-23-20-17(19)14(11-26)10-25(20)31(29,30)15-7-5-13(3)6-8-15/h5-12,18H,1-4H3,(H,27,28). The molecule has 1 unspecified atom stereocenters. The largest absolute Gasteiger partial charge is 0.480 e. The summed E-state index contributed by atoms with van der Waals surface area (Å²) in [5, 5.41) is 9.98. The van der Waals surface area contributed by atoms with Crippen LogP contribution >= 0.6 is 11.6 Å². The Bertz CT molecular complexity index is 1270. The molecular formula is C21H22ClN3O5S. The number of anilines is 1. The average Bonchev–Trinajstić information content (AvgIpc) is 3.07. The third kappa shape index (κ3) is 3.90. The first kappa shape index (κ1) is 22.8. The van der Waals surface area contributed by atoms with E-state index in [4.69, 9.17) is 11.6 Å². The van der Waals surface area contributed by atoms with Crippen molar-refractivity contribution in [3.8, 4) is 0 Å². The lowest BCUT2D eigenvalue weighted by Crippen LogP contribution is -2.42. The summed E-state index contributed by atoms with van der Waals surface area (Å²) in [6, 6.07) is 5.32. The summed E-state index contributed by atoms with van der Waals surface area (Å²) in [4.78, 5) is 29.4. The number of carboxylic acids is 1. The number of benzene rings is 1. The van der Waals surface area contributed by atoms with E-state index in [1.807, 2.05) is 6.92 Å². The molecule has 0 saturated carbocycles. The van der Waals surface area contributed by atoms with Crippen molar-refractivity contribution in [1.82, 2.24) is 8.96 Å². The fraction of sp³-hybridized carbons (Fsp3) is 0.286. The maximum absolute atomic E-state index is 13.3. The molecule has 0 radical (unpaired) electrons. The van der Waals surface area contributed by atoms with Crippen LogP contribution in [0.2, 0.25) is 5.02 Å². The Balaban J connectivity index is 2.33. The topological polar surface area (TPSA) is 110 Å². The van der Waals surface area contributed by atoms with E-state index in [1.54, 1.807) is 33.0 Å². The second kappa shape index (κ2) is 8.32. The molecule has 1 N–H and O–H groups in total. The van der Waals surface area contributed by atoms with Gasteiger partial charge in [0.05, 0.1) is 27.2 Å². The van der Waals surface area contributed by atoms with Crippen LogP contribution < -0.4 is 4.90 Å². The number of aromatic nitrogens is 2. The van der Waals surface area contributed by atoms with Crippen LogP contribution in [0.15, 0.2) is 41.6 Å². The first-order chi connectivity index (χ1) is 14.5. The Morgan fingerprint density at radius 1 is 1.26 bits per heavy atom. The molecule has 2 aromatic heterocycles. The molecule has 8 nitrogen and oxygen atoms in total. The maximum atomic E-state index is 13.3. The Morgan fingerprint density at radius 3 is 2.39 bits per heavy atom. The highest BCUT2D eigenvalue weighted by Gasteiger charge is 2.32. The van der Waals surface area contributed by atoms with Gasteiger partial charge in [-0.05, 0) is 25.0 Å². The summed E-state index contributed by atoms with van der Waals surface area (Å²) in [5.74, 6) is -1.36. The molecule has 0 aliphatic carbocycles. The van der Waals surface area contributed by atoms with Crippen LogP contribution in [0, 0.1) is 12.8 Å². The molecule has 1 atom stereocenters. The zero-order valence-electron chi connectivity index (χ0n) is 17.4. The third-order valence-corrected chi connectivity index (χ3v) is 7.04. The average molecular weight is 464 g/mol. The van der Waals surface area contributed by atoms with E-state index >= 15 is 0 Å². The molecule has 164 valence electrons. The van der Waals surface area contributed by atoms with Gasteiger partial charge in [0.25, 0.3) is 10.0 Å². The van der Waals surface area contributed by atoms with E-state index < -0.39 is 22.0 Å². The summed E-state index contributed by atoms with van der Waals surface area (Å²) in [6.07, 6.45) is 2.94. The van der Waals surface area contributed by atoms with Crippen molar-refractivity contribution < 1.29 is 23.1 Å².